The van der Waals surface area contributed by atoms with Crippen LogP contribution in [0.25, 0.3) is 11.6 Å². The Morgan fingerprint density at radius 2 is 1.87 bits per heavy atom. The monoisotopic (exact) mass is 438 g/mol. The van der Waals surface area contributed by atoms with E-state index in [1.54, 1.807) is 12.1 Å². The van der Waals surface area contributed by atoms with Crippen molar-refractivity contribution in [1.29, 1.82) is 0 Å². The van der Waals surface area contributed by atoms with Crippen molar-refractivity contribution in [2.75, 3.05) is 11.9 Å². The number of carbonyl (C=O) groups excluding carboxylic acids is 2. The lowest BCUT2D eigenvalue weighted by Gasteiger charge is -2.40. The van der Waals surface area contributed by atoms with E-state index in [0.717, 1.165) is 34.1 Å². The molecule has 2 heterocycles. The minimum atomic E-state index is -0.284. The number of benzene rings is 2. The van der Waals surface area contributed by atoms with Crippen molar-refractivity contribution in [1.82, 2.24) is 4.90 Å². The lowest BCUT2D eigenvalue weighted by Crippen LogP contribution is -2.42. The predicted octanol–water partition coefficient (Wildman–Crippen LogP) is 6.21. The van der Waals surface area contributed by atoms with Crippen LogP contribution in [0.2, 0.25) is 5.02 Å². The highest BCUT2D eigenvalue weighted by molar-refractivity contribution is 8.18. The lowest BCUT2D eigenvalue weighted by molar-refractivity contribution is -0.123. The maximum Gasteiger partial charge on any atom is 0.293 e. The largest absolute Gasteiger partial charge is 0.366 e. The second kappa shape index (κ2) is 7.64. The molecule has 0 radical (unpaired) electrons. The van der Waals surface area contributed by atoms with Crippen LogP contribution in [0.1, 0.15) is 37.5 Å². The normalized spacial score (nSPS) is 19.4. The third-order valence-electron chi connectivity index (χ3n) is 5.70. The van der Waals surface area contributed by atoms with E-state index in [1.165, 1.54) is 10.5 Å². The number of thioether (sulfide) groups is 1. The molecule has 0 atom stereocenters. The van der Waals surface area contributed by atoms with E-state index >= 15 is 0 Å². The van der Waals surface area contributed by atoms with E-state index < -0.39 is 0 Å². The van der Waals surface area contributed by atoms with E-state index in [-0.39, 0.29) is 23.2 Å². The van der Waals surface area contributed by atoms with Gasteiger partial charge in [-0.15, -0.1) is 0 Å². The molecule has 1 saturated heterocycles. The van der Waals surface area contributed by atoms with Crippen LogP contribution in [0.5, 0.6) is 0 Å². The fourth-order valence-electron chi connectivity index (χ4n) is 3.85. The highest BCUT2D eigenvalue weighted by Crippen LogP contribution is 2.39. The minimum absolute atomic E-state index is 0.0556. The molecule has 4 rings (SSSR count). The molecule has 2 aromatic carbocycles. The first kappa shape index (κ1) is 20.8. The molecule has 4 nitrogen and oxygen atoms in total. The summed E-state index contributed by atoms with van der Waals surface area (Å²) in [6.07, 6.45) is 4.04. The topological polar surface area (TPSA) is 40.6 Å². The van der Waals surface area contributed by atoms with Gasteiger partial charge in [-0.2, -0.15) is 0 Å². The molecule has 0 N–H and O–H groups in total. The highest BCUT2D eigenvalue weighted by Gasteiger charge is 2.35. The first-order valence-corrected chi connectivity index (χ1v) is 10.9. The minimum Gasteiger partial charge on any atom is -0.366 e. The Labute approximate surface area is 186 Å². The third kappa shape index (κ3) is 3.68. The molecule has 0 aromatic heterocycles. The van der Waals surface area contributed by atoms with Gasteiger partial charge in [-0.05, 0) is 73.5 Å². The van der Waals surface area contributed by atoms with Gasteiger partial charge in [0, 0.05) is 23.3 Å². The van der Waals surface area contributed by atoms with Gasteiger partial charge in [-0.3, -0.25) is 14.5 Å². The van der Waals surface area contributed by atoms with E-state index in [2.05, 4.69) is 50.9 Å². The van der Waals surface area contributed by atoms with Crippen molar-refractivity contribution >= 4 is 51.8 Å². The van der Waals surface area contributed by atoms with Crippen molar-refractivity contribution in [3.63, 3.8) is 0 Å². The van der Waals surface area contributed by atoms with Gasteiger partial charge in [0.05, 0.1) is 17.0 Å². The van der Waals surface area contributed by atoms with Crippen molar-refractivity contribution in [3.05, 3.63) is 75.2 Å². The molecular weight excluding hydrogens is 416 g/mol. The second-order valence-electron chi connectivity index (χ2n) is 8.18. The number of hydrogen-bond donors (Lipinski definition) is 0. The average molecular weight is 439 g/mol. The van der Waals surface area contributed by atoms with Gasteiger partial charge in [0.15, 0.2) is 0 Å². The molecule has 0 spiro atoms. The Hall–Kier alpha value is -2.50. The first-order chi connectivity index (χ1) is 14.2. The zero-order chi connectivity index (χ0) is 21.6. The molecule has 0 aliphatic carbocycles. The molecule has 1 fully saturated rings. The summed E-state index contributed by atoms with van der Waals surface area (Å²) < 4.78 is 0. The number of anilines is 1. The van der Waals surface area contributed by atoms with E-state index in [1.807, 2.05) is 24.3 Å². The van der Waals surface area contributed by atoms with E-state index in [0.29, 0.717) is 9.93 Å². The molecule has 154 valence electrons. The summed E-state index contributed by atoms with van der Waals surface area (Å²) >= 11 is 7.17. The number of halogens is 1. The summed E-state index contributed by atoms with van der Waals surface area (Å²) in [7, 11) is 2.08. The van der Waals surface area contributed by atoms with Crippen LogP contribution in [-0.4, -0.2) is 28.6 Å². The van der Waals surface area contributed by atoms with Gasteiger partial charge in [0.1, 0.15) is 0 Å². The van der Waals surface area contributed by atoms with Gasteiger partial charge >= 0.3 is 0 Å². The Bertz CT molecular complexity index is 1120. The summed E-state index contributed by atoms with van der Waals surface area (Å²) in [6.45, 7) is 6.65. The Morgan fingerprint density at radius 1 is 1.13 bits per heavy atom. The zero-order valence-electron chi connectivity index (χ0n) is 17.4. The number of amides is 2. The van der Waals surface area contributed by atoms with Crippen molar-refractivity contribution in [2.24, 2.45) is 0 Å². The lowest BCUT2D eigenvalue weighted by atomic mass is 9.88. The number of imide groups is 1. The number of allylic oxidation sites excluding steroid dienone is 1. The molecule has 6 heteroatoms. The van der Waals surface area contributed by atoms with Gasteiger partial charge in [-0.25, -0.2) is 0 Å². The molecule has 0 bridgehead atoms. The molecule has 0 unspecified atom stereocenters. The quantitative estimate of drug-likeness (QED) is 0.534. The molecule has 2 aliphatic rings. The van der Waals surface area contributed by atoms with E-state index in [9.17, 15) is 9.59 Å². The van der Waals surface area contributed by atoms with Crippen molar-refractivity contribution in [2.45, 2.75) is 32.9 Å². The molecule has 2 aliphatic heterocycles. The molecule has 30 heavy (non-hydrogen) atoms. The summed E-state index contributed by atoms with van der Waals surface area (Å²) in [4.78, 5) is 29.3. The fraction of sp³-hybridized carbons (Fsp3) is 0.250. The van der Waals surface area contributed by atoms with Crippen LogP contribution in [-0.2, 0) is 11.3 Å². The van der Waals surface area contributed by atoms with Crippen LogP contribution in [0.15, 0.2) is 53.4 Å². The Morgan fingerprint density at radius 3 is 2.60 bits per heavy atom. The van der Waals surface area contributed by atoms with Gasteiger partial charge in [0.2, 0.25) is 0 Å². The number of likely N-dealkylation sites (N-methyl/N-ethyl adjacent to an activating group) is 1. The highest BCUT2D eigenvalue weighted by atomic mass is 35.5. The Kier molecular flexibility index (Phi) is 5.28. The fourth-order valence-corrected chi connectivity index (χ4v) is 4.89. The Balaban J connectivity index is 1.62. The molecular formula is C24H23ClN2O2S. The second-order valence-corrected chi connectivity index (χ2v) is 9.58. The molecule has 2 aromatic rings. The molecule has 0 saturated carbocycles. The van der Waals surface area contributed by atoms with Crippen LogP contribution in [0.4, 0.5) is 10.5 Å². The summed E-state index contributed by atoms with van der Waals surface area (Å²) in [5.74, 6) is -0.284. The smallest absolute Gasteiger partial charge is 0.293 e. The number of fused-ring (bicyclic) bond motifs is 1. The van der Waals surface area contributed by atoms with Crippen LogP contribution >= 0.6 is 23.4 Å². The van der Waals surface area contributed by atoms with Crippen LogP contribution < -0.4 is 4.90 Å². The number of nitrogens with zero attached hydrogens (tertiary/aromatic N) is 2. The predicted molar refractivity (Wildman–Crippen MR) is 126 cm³/mol. The zero-order valence-corrected chi connectivity index (χ0v) is 19.0. The van der Waals surface area contributed by atoms with Gasteiger partial charge in [-0.1, -0.05) is 41.9 Å². The maximum atomic E-state index is 12.9. The SMILES string of the molecule is CC1=CC(C)(C)N(C)c2ccc(/C=C3\SC(=O)N(Cc4ccccc4Cl)C3=O)cc21. The number of rotatable bonds is 3. The average Bonchev–Trinajstić information content (AvgIpc) is 2.95. The summed E-state index contributed by atoms with van der Waals surface area (Å²) in [5, 5.41) is 0.270. The van der Waals surface area contributed by atoms with Crippen LogP contribution in [0, 0.1) is 0 Å². The third-order valence-corrected chi connectivity index (χ3v) is 6.97. The number of carbonyl (C=O) groups is 2. The number of hydrogen-bond acceptors (Lipinski definition) is 4. The standard InChI is InChI=1S/C24H23ClN2O2S/c1-15-13-24(2,3)26(4)20-10-9-16(11-18(15)20)12-21-22(28)27(23(29)30-21)14-17-7-5-6-8-19(17)25/h5-13H,14H2,1-4H3/b21-12-. The van der Waals surface area contributed by atoms with Gasteiger partial charge < -0.3 is 4.90 Å². The van der Waals surface area contributed by atoms with Crippen molar-refractivity contribution in [3.8, 4) is 0 Å². The van der Waals surface area contributed by atoms with Crippen molar-refractivity contribution < 1.29 is 9.59 Å². The van der Waals surface area contributed by atoms with Gasteiger partial charge in [0.25, 0.3) is 11.1 Å². The summed E-state index contributed by atoms with van der Waals surface area (Å²) in [5.41, 5.74) is 5.10. The molecule has 2 amide bonds. The van der Waals surface area contributed by atoms with E-state index in [4.69, 9.17) is 11.6 Å². The maximum absolute atomic E-state index is 12.9. The first-order valence-electron chi connectivity index (χ1n) is 9.74. The summed E-state index contributed by atoms with van der Waals surface area (Å²) in [6, 6.07) is 13.4. The van der Waals surface area contributed by atoms with Crippen LogP contribution in [0.3, 0.4) is 0 Å².